The Balaban J connectivity index is 2.76. The van der Waals surface area contributed by atoms with Gasteiger partial charge in [-0.1, -0.05) is 19.1 Å². The van der Waals surface area contributed by atoms with Crippen LogP contribution in [-0.2, 0) is 15.3 Å². The summed E-state index contributed by atoms with van der Waals surface area (Å²) in [5, 5.41) is 0. The molecule has 0 spiro atoms. The van der Waals surface area contributed by atoms with Crippen molar-refractivity contribution >= 4 is 13.3 Å². The molecule has 3 N–H and O–H groups in total. The summed E-state index contributed by atoms with van der Waals surface area (Å²) in [6.07, 6.45) is 0.532. The van der Waals surface area contributed by atoms with E-state index in [-0.39, 0.29) is 12.3 Å². The molecule has 96 valence electrons. The summed E-state index contributed by atoms with van der Waals surface area (Å²) in [5.41, 5.74) is 8.05. The molecule has 0 aliphatic rings. The van der Waals surface area contributed by atoms with Gasteiger partial charge in [0.25, 0.3) is 0 Å². The van der Waals surface area contributed by atoms with E-state index in [0.29, 0.717) is 12.1 Å². The second-order valence-corrected chi connectivity index (χ2v) is 6.11. The van der Waals surface area contributed by atoms with Crippen LogP contribution in [0.5, 0.6) is 0 Å². The Morgan fingerprint density at radius 3 is 2.71 bits per heavy atom. The summed E-state index contributed by atoms with van der Waals surface area (Å²) in [4.78, 5) is 9.73. The van der Waals surface area contributed by atoms with E-state index in [2.05, 4.69) is 0 Å². The number of benzene rings is 1. The number of aryl methyl sites for hydroxylation is 1. The number of hydrogen-bond acceptors (Lipinski definition) is 3. The van der Waals surface area contributed by atoms with Crippen LogP contribution >= 0.6 is 7.60 Å². The second kappa shape index (κ2) is 5.67. The number of hydrogen-bond donors (Lipinski definition) is 2. The van der Waals surface area contributed by atoms with Gasteiger partial charge in [0.15, 0.2) is 0 Å². The van der Waals surface area contributed by atoms with Crippen LogP contribution in [-0.4, -0.2) is 11.0 Å². The molecular formula is C12H20NO3P. The molecule has 0 fully saturated rings. The van der Waals surface area contributed by atoms with Crippen molar-refractivity contribution in [1.29, 1.82) is 0 Å². The van der Waals surface area contributed by atoms with E-state index in [1.807, 2.05) is 19.9 Å². The van der Waals surface area contributed by atoms with Gasteiger partial charge in [-0.3, -0.25) is 4.57 Å². The van der Waals surface area contributed by atoms with Gasteiger partial charge >= 0.3 is 7.60 Å². The van der Waals surface area contributed by atoms with Crippen molar-refractivity contribution in [2.45, 2.75) is 39.5 Å². The Morgan fingerprint density at radius 2 is 2.18 bits per heavy atom. The minimum Gasteiger partial charge on any atom is -0.399 e. The van der Waals surface area contributed by atoms with Crippen molar-refractivity contribution in [2.75, 3.05) is 5.73 Å². The zero-order valence-electron chi connectivity index (χ0n) is 10.5. The molecule has 2 unspecified atom stereocenters. The van der Waals surface area contributed by atoms with Crippen molar-refractivity contribution in [3.05, 3.63) is 29.3 Å². The Morgan fingerprint density at radius 1 is 1.53 bits per heavy atom. The third-order valence-corrected chi connectivity index (χ3v) is 4.09. The molecular weight excluding hydrogens is 237 g/mol. The molecule has 0 radical (unpaired) electrons. The lowest BCUT2D eigenvalue weighted by Gasteiger charge is -2.17. The van der Waals surface area contributed by atoms with Gasteiger partial charge in [0.1, 0.15) is 0 Å². The third kappa shape index (κ3) is 4.50. The average Bonchev–Trinajstić information content (AvgIpc) is 2.22. The molecule has 0 amide bonds. The molecule has 5 heteroatoms. The maximum absolute atomic E-state index is 11.9. The maximum Gasteiger partial charge on any atom is 0.332 e. The maximum atomic E-state index is 11.9. The minimum absolute atomic E-state index is 0.0262. The molecule has 0 heterocycles. The van der Waals surface area contributed by atoms with E-state index < -0.39 is 7.60 Å². The predicted molar refractivity (Wildman–Crippen MR) is 70.0 cm³/mol. The number of rotatable bonds is 5. The van der Waals surface area contributed by atoms with Crippen LogP contribution in [0.25, 0.3) is 0 Å². The van der Waals surface area contributed by atoms with Crippen LogP contribution in [0.1, 0.15) is 31.4 Å². The highest BCUT2D eigenvalue weighted by Gasteiger charge is 2.22. The Bertz CT molecular complexity index is 434. The van der Waals surface area contributed by atoms with E-state index in [4.69, 9.17) is 10.3 Å². The summed E-state index contributed by atoms with van der Waals surface area (Å²) in [6.45, 7) is 5.58. The van der Waals surface area contributed by atoms with Crippen LogP contribution < -0.4 is 5.73 Å². The molecule has 0 aliphatic heterocycles. The van der Waals surface area contributed by atoms with Crippen molar-refractivity contribution in [3.63, 3.8) is 0 Å². The highest BCUT2D eigenvalue weighted by atomic mass is 31.2. The predicted octanol–water partition coefficient (Wildman–Crippen LogP) is 3.08. The first-order valence-electron chi connectivity index (χ1n) is 5.69. The Hall–Kier alpha value is -0.830. The first-order chi connectivity index (χ1) is 7.84. The van der Waals surface area contributed by atoms with Gasteiger partial charge < -0.3 is 15.2 Å². The molecule has 4 nitrogen and oxygen atoms in total. The minimum atomic E-state index is -3.56. The second-order valence-electron chi connectivity index (χ2n) is 4.31. The quantitative estimate of drug-likeness (QED) is 0.628. The van der Waals surface area contributed by atoms with Crippen molar-refractivity contribution in [2.24, 2.45) is 0 Å². The number of nitrogen functional groups attached to an aromatic ring is 1. The molecule has 17 heavy (non-hydrogen) atoms. The van der Waals surface area contributed by atoms with E-state index >= 15 is 0 Å². The number of anilines is 1. The lowest BCUT2D eigenvalue weighted by molar-refractivity contribution is 0.185. The van der Waals surface area contributed by atoms with Gasteiger partial charge in [0, 0.05) is 5.69 Å². The highest BCUT2D eigenvalue weighted by Crippen LogP contribution is 2.47. The molecule has 0 saturated carbocycles. The molecule has 0 bridgehead atoms. The molecule has 2 atom stereocenters. The number of nitrogens with two attached hydrogens (primary N) is 1. The fraction of sp³-hybridized carbons (Fsp3) is 0.500. The topological polar surface area (TPSA) is 72.5 Å². The van der Waals surface area contributed by atoms with Crippen molar-refractivity contribution in [1.82, 2.24) is 0 Å². The third-order valence-electron chi connectivity index (χ3n) is 2.64. The Kier molecular flexibility index (Phi) is 4.75. The van der Waals surface area contributed by atoms with Gasteiger partial charge in [-0.2, -0.15) is 0 Å². The largest absolute Gasteiger partial charge is 0.399 e. The lowest BCUT2D eigenvalue weighted by atomic mass is 10.1. The summed E-state index contributed by atoms with van der Waals surface area (Å²) in [5.74, 6) is 0. The summed E-state index contributed by atoms with van der Waals surface area (Å²) in [7, 11) is -3.56. The van der Waals surface area contributed by atoms with Gasteiger partial charge in [-0.05, 0) is 37.5 Å². The molecule has 0 aliphatic carbocycles. The fourth-order valence-corrected chi connectivity index (χ4v) is 2.90. The fourth-order valence-electron chi connectivity index (χ4n) is 1.46. The summed E-state index contributed by atoms with van der Waals surface area (Å²) < 4.78 is 17.0. The van der Waals surface area contributed by atoms with Gasteiger partial charge in [0.2, 0.25) is 0 Å². The normalized spacial score (nSPS) is 16.5. The van der Waals surface area contributed by atoms with Crippen molar-refractivity contribution in [3.8, 4) is 0 Å². The summed E-state index contributed by atoms with van der Waals surface area (Å²) >= 11 is 0. The molecule has 1 aromatic carbocycles. The molecule has 1 rings (SSSR count). The van der Waals surface area contributed by atoms with Gasteiger partial charge in [0.05, 0.1) is 12.3 Å². The lowest BCUT2D eigenvalue weighted by Crippen LogP contribution is -2.05. The van der Waals surface area contributed by atoms with Crippen molar-refractivity contribution < 1.29 is 14.0 Å². The highest BCUT2D eigenvalue weighted by molar-refractivity contribution is 7.51. The van der Waals surface area contributed by atoms with Gasteiger partial charge in [-0.25, -0.2) is 0 Å². The van der Waals surface area contributed by atoms with Crippen LogP contribution in [0.3, 0.4) is 0 Å². The van der Waals surface area contributed by atoms with E-state index in [0.717, 1.165) is 11.1 Å². The average molecular weight is 257 g/mol. The first kappa shape index (κ1) is 14.2. The zero-order chi connectivity index (χ0) is 13.1. The smallest absolute Gasteiger partial charge is 0.332 e. The van der Waals surface area contributed by atoms with E-state index in [9.17, 15) is 9.46 Å². The van der Waals surface area contributed by atoms with E-state index in [1.54, 1.807) is 19.1 Å². The molecule has 0 saturated heterocycles. The summed E-state index contributed by atoms with van der Waals surface area (Å²) in [6, 6.07) is 5.32. The SMILES string of the molecule is CCC(C)OP(=O)(O)Cc1ccc(N)c(C)c1. The Labute approximate surface area is 102 Å². The standard InChI is InChI=1S/C12H20NO3P/c1-4-10(3)16-17(14,15)8-11-5-6-12(13)9(2)7-11/h5-7,10H,4,8,13H2,1-3H3,(H,14,15). The molecule has 1 aromatic rings. The monoisotopic (exact) mass is 257 g/mol. The van der Waals surface area contributed by atoms with Crippen LogP contribution in [0, 0.1) is 6.92 Å². The zero-order valence-corrected chi connectivity index (χ0v) is 11.4. The molecule has 0 aromatic heterocycles. The first-order valence-corrected chi connectivity index (χ1v) is 7.45. The van der Waals surface area contributed by atoms with Crippen LogP contribution in [0.4, 0.5) is 5.69 Å². The van der Waals surface area contributed by atoms with Crippen LogP contribution in [0.2, 0.25) is 0 Å². The van der Waals surface area contributed by atoms with Crippen LogP contribution in [0.15, 0.2) is 18.2 Å². The van der Waals surface area contributed by atoms with Gasteiger partial charge in [-0.15, -0.1) is 0 Å². The van der Waals surface area contributed by atoms with E-state index in [1.165, 1.54) is 0 Å².